The molecule has 0 spiro atoms. The molecule has 0 radical (unpaired) electrons. The van der Waals surface area contributed by atoms with Gasteiger partial charge in [-0.05, 0) is 12.1 Å². The van der Waals surface area contributed by atoms with Gasteiger partial charge in [-0.3, -0.25) is 4.68 Å². The van der Waals surface area contributed by atoms with Crippen molar-refractivity contribution in [1.82, 2.24) is 24.3 Å². The lowest BCUT2D eigenvalue weighted by atomic mass is 10.2. The average Bonchev–Trinajstić information content (AvgIpc) is 3.19. The fraction of sp³-hybridized carbons (Fsp3) is 0.312. The third-order valence-corrected chi connectivity index (χ3v) is 4.77. The van der Waals surface area contributed by atoms with Gasteiger partial charge in [0, 0.05) is 32.2 Å². The Hall–Kier alpha value is -2.09. The minimum atomic E-state index is -0.858. The van der Waals surface area contributed by atoms with Crippen molar-refractivity contribution in [1.29, 1.82) is 0 Å². The van der Waals surface area contributed by atoms with Gasteiger partial charge in [-0.2, -0.15) is 5.10 Å². The normalized spacial score (nSPS) is 15.3. The van der Waals surface area contributed by atoms with Crippen LogP contribution in [0.2, 0.25) is 10.0 Å². The van der Waals surface area contributed by atoms with Crippen LogP contribution in [0.25, 0.3) is 0 Å². The van der Waals surface area contributed by atoms with Gasteiger partial charge in [0.15, 0.2) is 6.10 Å². The van der Waals surface area contributed by atoms with E-state index in [0.29, 0.717) is 40.5 Å². The maximum Gasteiger partial charge on any atom is 0.155 e. The number of hydrogen-bond acceptors (Lipinski definition) is 5. The maximum atomic E-state index is 10.5. The summed E-state index contributed by atoms with van der Waals surface area (Å²) in [5.74, 6) is 1.26. The minimum Gasteiger partial charge on any atom is -0.379 e. The van der Waals surface area contributed by atoms with Crippen LogP contribution in [-0.4, -0.2) is 36.0 Å². The first kappa shape index (κ1) is 16.4. The number of rotatable bonds is 3. The number of hydrogen-bond donors (Lipinski definition) is 1. The molecule has 4 heterocycles. The molecule has 0 fully saturated rings. The lowest BCUT2D eigenvalue weighted by Gasteiger charge is -2.29. The van der Waals surface area contributed by atoms with Gasteiger partial charge in [0.05, 0.1) is 34.5 Å². The topological polar surface area (TPSA) is 72.0 Å². The molecule has 4 rings (SSSR count). The summed E-state index contributed by atoms with van der Waals surface area (Å²) in [5.41, 5.74) is 1.57. The number of aliphatic hydroxyl groups is 1. The second-order valence-corrected chi connectivity index (χ2v) is 6.81. The van der Waals surface area contributed by atoms with Gasteiger partial charge in [-0.25, -0.2) is 9.97 Å². The van der Waals surface area contributed by atoms with Crippen LogP contribution in [-0.2, 0) is 20.1 Å². The lowest BCUT2D eigenvalue weighted by Crippen LogP contribution is -2.34. The van der Waals surface area contributed by atoms with E-state index >= 15 is 0 Å². The van der Waals surface area contributed by atoms with E-state index in [0.717, 1.165) is 12.2 Å². The Balaban J connectivity index is 1.60. The van der Waals surface area contributed by atoms with Crippen molar-refractivity contribution in [2.75, 3.05) is 11.4 Å². The van der Waals surface area contributed by atoms with Gasteiger partial charge < -0.3 is 14.6 Å². The number of aryl methyl sites for hydroxylation is 1. The molecule has 1 aliphatic rings. The lowest BCUT2D eigenvalue weighted by molar-refractivity contribution is 0.200. The van der Waals surface area contributed by atoms with Crippen molar-refractivity contribution in [2.24, 2.45) is 7.05 Å². The standard InChI is InChI=1S/C16H16Cl2N6O/c1-22-3-2-19-16(22)14(25)13-7-11-9-23(4-5-24(11)21-13)15-12(18)6-10(17)8-20-15/h2-3,6-8,14,25H,4-5,9H2,1H3. The molecule has 0 aliphatic carbocycles. The van der Waals surface area contributed by atoms with Crippen LogP contribution in [0.5, 0.6) is 0 Å². The van der Waals surface area contributed by atoms with Gasteiger partial charge in [0.2, 0.25) is 0 Å². The van der Waals surface area contributed by atoms with Gasteiger partial charge in [0.1, 0.15) is 11.6 Å². The van der Waals surface area contributed by atoms with E-state index in [1.54, 1.807) is 29.2 Å². The molecular weight excluding hydrogens is 363 g/mol. The van der Waals surface area contributed by atoms with Crippen molar-refractivity contribution in [3.8, 4) is 0 Å². The van der Waals surface area contributed by atoms with E-state index in [1.807, 2.05) is 17.8 Å². The fourth-order valence-corrected chi connectivity index (χ4v) is 3.52. The average molecular weight is 379 g/mol. The molecule has 1 atom stereocenters. The maximum absolute atomic E-state index is 10.5. The van der Waals surface area contributed by atoms with E-state index in [-0.39, 0.29) is 0 Å². The van der Waals surface area contributed by atoms with E-state index in [2.05, 4.69) is 20.0 Å². The van der Waals surface area contributed by atoms with Gasteiger partial charge in [0.25, 0.3) is 0 Å². The molecular formula is C16H16Cl2N6O. The zero-order chi connectivity index (χ0) is 17.6. The minimum absolute atomic E-state index is 0.510. The molecule has 0 saturated heterocycles. The highest BCUT2D eigenvalue weighted by Crippen LogP contribution is 2.29. The first-order chi connectivity index (χ1) is 12.0. The molecule has 0 saturated carbocycles. The number of aromatic nitrogens is 5. The Morgan fingerprint density at radius 1 is 1.20 bits per heavy atom. The summed E-state index contributed by atoms with van der Waals surface area (Å²) in [6.45, 7) is 2.01. The van der Waals surface area contributed by atoms with Crippen LogP contribution >= 0.6 is 23.2 Å². The number of imidazole rings is 1. The summed E-state index contributed by atoms with van der Waals surface area (Å²) in [6.07, 6.45) is 4.18. The van der Waals surface area contributed by atoms with Crippen LogP contribution in [0.4, 0.5) is 5.82 Å². The molecule has 7 nitrogen and oxygen atoms in total. The third-order valence-electron chi connectivity index (χ3n) is 4.29. The van der Waals surface area contributed by atoms with Crippen molar-refractivity contribution in [3.05, 3.63) is 58.0 Å². The van der Waals surface area contributed by atoms with Gasteiger partial charge >= 0.3 is 0 Å². The van der Waals surface area contributed by atoms with Crippen molar-refractivity contribution in [3.63, 3.8) is 0 Å². The molecule has 0 aromatic carbocycles. The first-order valence-electron chi connectivity index (χ1n) is 7.81. The summed E-state index contributed by atoms with van der Waals surface area (Å²) in [6, 6.07) is 3.59. The van der Waals surface area contributed by atoms with Gasteiger partial charge in [-0.15, -0.1) is 0 Å². The Morgan fingerprint density at radius 3 is 2.76 bits per heavy atom. The predicted molar refractivity (Wildman–Crippen MR) is 94.8 cm³/mol. The van der Waals surface area contributed by atoms with Crippen molar-refractivity contribution in [2.45, 2.75) is 19.2 Å². The fourth-order valence-electron chi connectivity index (χ4n) is 3.02. The summed E-state index contributed by atoms with van der Waals surface area (Å²) >= 11 is 12.2. The summed E-state index contributed by atoms with van der Waals surface area (Å²) in [7, 11) is 1.84. The van der Waals surface area contributed by atoms with Crippen LogP contribution < -0.4 is 4.90 Å². The second-order valence-electron chi connectivity index (χ2n) is 5.96. The molecule has 9 heteroatoms. The number of anilines is 1. The highest BCUT2D eigenvalue weighted by atomic mass is 35.5. The first-order valence-corrected chi connectivity index (χ1v) is 8.56. The zero-order valence-electron chi connectivity index (χ0n) is 13.5. The number of nitrogens with zero attached hydrogens (tertiary/aromatic N) is 6. The van der Waals surface area contributed by atoms with Crippen LogP contribution in [0, 0.1) is 0 Å². The molecule has 3 aromatic heterocycles. The number of fused-ring (bicyclic) bond motifs is 1. The van der Waals surface area contributed by atoms with Crippen molar-refractivity contribution < 1.29 is 5.11 Å². The summed E-state index contributed by atoms with van der Waals surface area (Å²) in [4.78, 5) is 10.6. The molecule has 0 amide bonds. The predicted octanol–water partition coefficient (Wildman–Crippen LogP) is 2.42. The Labute approximate surface area is 154 Å². The SMILES string of the molecule is Cn1ccnc1C(O)c1cc2n(n1)CCN(c1ncc(Cl)cc1Cl)C2. The van der Waals surface area contributed by atoms with Gasteiger partial charge in [-0.1, -0.05) is 23.2 Å². The van der Waals surface area contributed by atoms with E-state index in [4.69, 9.17) is 23.2 Å². The van der Waals surface area contributed by atoms with Crippen LogP contribution in [0.3, 0.4) is 0 Å². The molecule has 0 bridgehead atoms. The van der Waals surface area contributed by atoms with E-state index in [9.17, 15) is 5.11 Å². The summed E-state index contributed by atoms with van der Waals surface area (Å²) < 4.78 is 3.69. The zero-order valence-corrected chi connectivity index (χ0v) is 15.0. The highest BCUT2D eigenvalue weighted by molar-refractivity contribution is 6.36. The van der Waals surface area contributed by atoms with E-state index < -0.39 is 6.10 Å². The van der Waals surface area contributed by atoms with Crippen molar-refractivity contribution >= 4 is 29.0 Å². The van der Waals surface area contributed by atoms with Crippen LogP contribution in [0.1, 0.15) is 23.3 Å². The Bertz CT molecular complexity index is 921. The third kappa shape index (κ3) is 2.99. The van der Waals surface area contributed by atoms with Crippen LogP contribution in [0.15, 0.2) is 30.7 Å². The second kappa shape index (κ2) is 6.33. The molecule has 130 valence electrons. The molecule has 1 unspecified atom stereocenters. The number of pyridine rings is 1. The Morgan fingerprint density at radius 2 is 2.04 bits per heavy atom. The number of aliphatic hydroxyl groups excluding tert-OH is 1. The molecule has 1 aliphatic heterocycles. The largest absolute Gasteiger partial charge is 0.379 e. The monoisotopic (exact) mass is 378 g/mol. The number of halogens is 2. The molecule has 3 aromatic rings. The quantitative estimate of drug-likeness (QED) is 0.757. The summed E-state index contributed by atoms with van der Waals surface area (Å²) in [5, 5.41) is 16.1. The highest BCUT2D eigenvalue weighted by Gasteiger charge is 2.25. The smallest absolute Gasteiger partial charge is 0.155 e. The molecule has 1 N–H and O–H groups in total. The Kier molecular flexibility index (Phi) is 4.15. The molecule has 25 heavy (non-hydrogen) atoms. The van der Waals surface area contributed by atoms with E-state index in [1.165, 1.54) is 0 Å².